The van der Waals surface area contributed by atoms with E-state index in [9.17, 15) is 18.0 Å². The first-order chi connectivity index (χ1) is 7.84. The molecular formula is C10H9ClF3NO2. The molecule has 1 amide bonds. The van der Waals surface area contributed by atoms with E-state index >= 15 is 0 Å². The van der Waals surface area contributed by atoms with Gasteiger partial charge in [0.15, 0.2) is 0 Å². The lowest BCUT2D eigenvalue weighted by Crippen LogP contribution is -2.14. The number of amides is 1. The molecule has 1 N–H and O–H groups in total. The standard InChI is InChI=1S/C10H9ClF3NO2/c1-2-17-9(16)15-8-4-3-6(5-7(8)11)10(12,13)14/h3-5H,2H2,1H3,(H,15,16). The molecule has 0 unspecified atom stereocenters. The van der Waals surface area contributed by atoms with E-state index in [4.69, 9.17) is 11.6 Å². The van der Waals surface area contributed by atoms with Gasteiger partial charge in [-0.3, -0.25) is 5.32 Å². The molecule has 0 aliphatic carbocycles. The molecule has 0 aromatic heterocycles. The van der Waals surface area contributed by atoms with Crippen LogP contribution < -0.4 is 5.32 Å². The first-order valence-corrected chi connectivity index (χ1v) is 5.03. The van der Waals surface area contributed by atoms with Gasteiger partial charge in [-0.15, -0.1) is 0 Å². The molecule has 0 atom stereocenters. The van der Waals surface area contributed by atoms with Gasteiger partial charge < -0.3 is 4.74 Å². The molecule has 0 aliphatic rings. The average molecular weight is 268 g/mol. The van der Waals surface area contributed by atoms with Crippen LogP contribution >= 0.6 is 11.6 Å². The summed E-state index contributed by atoms with van der Waals surface area (Å²) in [5, 5.41) is 2.03. The third kappa shape index (κ3) is 3.81. The molecule has 1 aromatic rings. The van der Waals surface area contributed by atoms with Gasteiger partial charge in [-0.2, -0.15) is 13.2 Å². The van der Waals surface area contributed by atoms with Crippen molar-refractivity contribution in [2.45, 2.75) is 13.1 Å². The van der Waals surface area contributed by atoms with Crippen LogP contribution in [-0.4, -0.2) is 12.7 Å². The predicted octanol–water partition coefficient (Wildman–Crippen LogP) is 3.93. The van der Waals surface area contributed by atoms with E-state index in [0.29, 0.717) is 0 Å². The SMILES string of the molecule is CCOC(=O)Nc1ccc(C(F)(F)F)cc1Cl. The van der Waals surface area contributed by atoms with Crippen molar-refractivity contribution in [1.82, 2.24) is 0 Å². The Bertz CT molecular complexity index is 421. The Morgan fingerprint density at radius 1 is 1.47 bits per heavy atom. The molecule has 17 heavy (non-hydrogen) atoms. The molecule has 0 heterocycles. The number of hydrogen-bond donors (Lipinski definition) is 1. The number of anilines is 1. The van der Waals surface area contributed by atoms with E-state index in [1.54, 1.807) is 6.92 Å². The highest BCUT2D eigenvalue weighted by Gasteiger charge is 2.30. The Hall–Kier alpha value is -1.43. The van der Waals surface area contributed by atoms with Gasteiger partial charge in [0.2, 0.25) is 0 Å². The molecule has 0 aliphatic heterocycles. The van der Waals surface area contributed by atoms with Crippen LogP contribution in [0.4, 0.5) is 23.7 Å². The highest BCUT2D eigenvalue weighted by molar-refractivity contribution is 6.33. The molecule has 94 valence electrons. The summed E-state index contributed by atoms with van der Waals surface area (Å²) in [6.45, 7) is 1.76. The van der Waals surface area contributed by atoms with Crippen LogP contribution in [0.2, 0.25) is 5.02 Å². The van der Waals surface area contributed by atoms with Crippen LogP contribution in [0.3, 0.4) is 0 Å². The zero-order chi connectivity index (χ0) is 13.1. The van der Waals surface area contributed by atoms with Gasteiger partial charge in [-0.1, -0.05) is 11.6 Å². The van der Waals surface area contributed by atoms with Crippen molar-refractivity contribution in [3.8, 4) is 0 Å². The summed E-state index contributed by atoms with van der Waals surface area (Å²) < 4.78 is 41.5. The van der Waals surface area contributed by atoms with Crippen molar-refractivity contribution in [1.29, 1.82) is 0 Å². The van der Waals surface area contributed by atoms with Gasteiger partial charge in [0.1, 0.15) is 0 Å². The number of hydrogen-bond acceptors (Lipinski definition) is 2. The monoisotopic (exact) mass is 267 g/mol. The largest absolute Gasteiger partial charge is 0.450 e. The van der Waals surface area contributed by atoms with Crippen LogP contribution in [0, 0.1) is 0 Å². The second kappa shape index (κ2) is 5.27. The zero-order valence-corrected chi connectivity index (χ0v) is 9.52. The van der Waals surface area contributed by atoms with Crippen LogP contribution in [0.1, 0.15) is 12.5 Å². The molecular weight excluding hydrogens is 259 g/mol. The molecule has 0 bridgehead atoms. The fourth-order valence-corrected chi connectivity index (χ4v) is 1.30. The van der Waals surface area contributed by atoms with Crippen molar-refractivity contribution in [3.05, 3.63) is 28.8 Å². The van der Waals surface area contributed by atoms with Gasteiger partial charge in [-0.25, -0.2) is 4.79 Å². The Kier molecular flexibility index (Phi) is 4.22. The smallest absolute Gasteiger partial charge is 0.416 e. The van der Waals surface area contributed by atoms with E-state index in [1.807, 2.05) is 0 Å². The highest BCUT2D eigenvalue weighted by Crippen LogP contribution is 2.33. The zero-order valence-electron chi connectivity index (χ0n) is 8.77. The fraction of sp³-hybridized carbons (Fsp3) is 0.300. The molecule has 3 nitrogen and oxygen atoms in total. The summed E-state index contributed by atoms with van der Waals surface area (Å²) >= 11 is 5.61. The Morgan fingerprint density at radius 3 is 2.59 bits per heavy atom. The Morgan fingerprint density at radius 2 is 2.12 bits per heavy atom. The van der Waals surface area contributed by atoms with Crippen molar-refractivity contribution in [2.24, 2.45) is 0 Å². The van der Waals surface area contributed by atoms with Crippen LogP contribution in [-0.2, 0) is 10.9 Å². The van der Waals surface area contributed by atoms with Crippen molar-refractivity contribution >= 4 is 23.4 Å². The molecule has 0 spiro atoms. The molecule has 0 saturated heterocycles. The van der Waals surface area contributed by atoms with Crippen molar-refractivity contribution in [2.75, 3.05) is 11.9 Å². The number of rotatable bonds is 2. The normalized spacial score (nSPS) is 11.1. The van der Waals surface area contributed by atoms with E-state index < -0.39 is 17.8 Å². The van der Waals surface area contributed by atoms with Gasteiger partial charge in [0, 0.05) is 0 Å². The van der Waals surface area contributed by atoms with Crippen molar-refractivity contribution in [3.63, 3.8) is 0 Å². The number of halogens is 4. The van der Waals surface area contributed by atoms with Crippen LogP contribution in [0.25, 0.3) is 0 Å². The lowest BCUT2D eigenvalue weighted by molar-refractivity contribution is -0.137. The first-order valence-electron chi connectivity index (χ1n) is 4.65. The van der Waals surface area contributed by atoms with Gasteiger partial charge in [-0.05, 0) is 25.1 Å². The average Bonchev–Trinajstić information content (AvgIpc) is 2.20. The Labute approximate surface area is 101 Å². The van der Waals surface area contributed by atoms with Gasteiger partial charge in [0.05, 0.1) is 22.9 Å². The summed E-state index contributed by atoms with van der Waals surface area (Å²) in [7, 11) is 0. The van der Waals surface area contributed by atoms with Crippen LogP contribution in [0.5, 0.6) is 0 Å². The number of nitrogens with one attached hydrogen (secondary N) is 1. The molecule has 1 rings (SSSR count). The summed E-state index contributed by atoms with van der Waals surface area (Å²) in [5.74, 6) is 0. The predicted molar refractivity (Wildman–Crippen MR) is 57.1 cm³/mol. The molecule has 0 radical (unpaired) electrons. The fourth-order valence-electron chi connectivity index (χ4n) is 1.07. The Balaban J connectivity index is 2.87. The summed E-state index contributed by atoms with van der Waals surface area (Å²) in [6, 6.07) is 2.64. The van der Waals surface area contributed by atoms with E-state index in [-0.39, 0.29) is 17.3 Å². The van der Waals surface area contributed by atoms with Gasteiger partial charge >= 0.3 is 12.3 Å². The molecule has 0 saturated carbocycles. The molecule has 7 heteroatoms. The summed E-state index contributed by atoms with van der Waals surface area (Å²) in [5.41, 5.74) is -0.810. The third-order valence-corrected chi connectivity index (χ3v) is 2.12. The number of carbonyl (C=O) groups excluding carboxylic acids is 1. The van der Waals surface area contributed by atoms with E-state index in [1.165, 1.54) is 0 Å². The number of alkyl halides is 3. The van der Waals surface area contributed by atoms with Gasteiger partial charge in [0.25, 0.3) is 0 Å². The second-order valence-electron chi connectivity index (χ2n) is 3.04. The summed E-state index contributed by atoms with van der Waals surface area (Å²) in [6.07, 6.45) is -5.24. The maximum Gasteiger partial charge on any atom is 0.416 e. The second-order valence-corrected chi connectivity index (χ2v) is 3.45. The number of carbonyl (C=O) groups is 1. The maximum absolute atomic E-state index is 12.3. The first kappa shape index (κ1) is 13.6. The minimum absolute atomic E-state index is 0.0677. The molecule has 1 aromatic carbocycles. The topological polar surface area (TPSA) is 38.3 Å². The quantitative estimate of drug-likeness (QED) is 0.882. The minimum Gasteiger partial charge on any atom is -0.450 e. The van der Waals surface area contributed by atoms with Crippen LogP contribution in [0.15, 0.2) is 18.2 Å². The lowest BCUT2D eigenvalue weighted by Gasteiger charge is -2.10. The highest BCUT2D eigenvalue weighted by atomic mass is 35.5. The summed E-state index contributed by atoms with van der Waals surface area (Å²) in [4.78, 5) is 11.0. The number of benzene rings is 1. The number of ether oxygens (including phenoxy) is 1. The third-order valence-electron chi connectivity index (χ3n) is 1.81. The maximum atomic E-state index is 12.3. The lowest BCUT2D eigenvalue weighted by atomic mass is 10.2. The van der Waals surface area contributed by atoms with Crippen molar-refractivity contribution < 1.29 is 22.7 Å². The van der Waals surface area contributed by atoms with E-state index in [0.717, 1.165) is 18.2 Å². The van der Waals surface area contributed by atoms with E-state index in [2.05, 4.69) is 10.1 Å². The molecule has 0 fully saturated rings. The minimum atomic E-state index is -4.47.